The van der Waals surface area contributed by atoms with E-state index in [1.807, 2.05) is 29.4 Å². The minimum absolute atomic E-state index is 0.311. The molecular weight excluding hydrogens is 210 g/mol. The van der Waals surface area contributed by atoms with E-state index in [0.29, 0.717) is 5.69 Å². The summed E-state index contributed by atoms with van der Waals surface area (Å²) < 4.78 is 1.64. The van der Waals surface area contributed by atoms with Crippen LogP contribution in [-0.2, 0) is 7.05 Å². The molecule has 0 N–H and O–H groups in total. The number of carbonyl (C=O) groups is 1. The summed E-state index contributed by atoms with van der Waals surface area (Å²) in [5.41, 5.74) is 1.20. The first kappa shape index (κ1) is 9.71. The van der Waals surface area contributed by atoms with Gasteiger partial charge in [-0.1, -0.05) is 18.2 Å². The molecule has 0 bridgehead atoms. The maximum atomic E-state index is 11.5. The number of benzene rings is 1. The molecule has 5 heteroatoms. The van der Waals surface area contributed by atoms with Gasteiger partial charge in [-0.15, -0.1) is 0 Å². The summed E-state index contributed by atoms with van der Waals surface area (Å²) in [7, 11) is 1.78. The van der Waals surface area contributed by atoms with Crippen LogP contribution >= 0.6 is 12.2 Å². The zero-order chi connectivity index (χ0) is 10.8. The molecule has 0 spiro atoms. The van der Waals surface area contributed by atoms with E-state index in [9.17, 15) is 4.79 Å². The van der Waals surface area contributed by atoms with Crippen molar-refractivity contribution in [1.82, 2.24) is 9.78 Å². The van der Waals surface area contributed by atoms with Gasteiger partial charge in [0, 0.05) is 12.4 Å². The minimum Gasteiger partial charge on any atom is -0.267 e. The monoisotopic (exact) mass is 217 g/mol. The van der Waals surface area contributed by atoms with Crippen LogP contribution in [0.2, 0.25) is 0 Å². The number of fused-ring (bicyclic) bond motifs is 1. The lowest BCUT2D eigenvalue weighted by molar-refractivity contribution is 0.1000. The highest BCUT2D eigenvalue weighted by Crippen LogP contribution is 2.17. The molecule has 1 aromatic heterocycles. The van der Waals surface area contributed by atoms with Gasteiger partial charge in [-0.05, 0) is 18.3 Å². The molecule has 0 fully saturated rings. The Balaban J connectivity index is 2.72. The minimum atomic E-state index is -0.457. The molecule has 0 aliphatic heterocycles. The number of isothiocyanates is 1. The predicted octanol–water partition coefficient (Wildman–Crippen LogP) is 1.82. The zero-order valence-corrected chi connectivity index (χ0v) is 8.78. The number of para-hydroxylation sites is 1. The van der Waals surface area contributed by atoms with Crippen LogP contribution in [0.25, 0.3) is 10.9 Å². The lowest BCUT2D eigenvalue weighted by Crippen LogP contribution is -1.97. The van der Waals surface area contributed by atoms with Gasteiger partial charge in [0.1, 0.15) is 0 Å². The Morgan fingerprint density at radius 2 is 2.27 bits per heavy atom. The van der Waals surface area contributed by atoms with Crippen LogP contribution in [-0.4, -0.2) is 20.8 Å². The van der Waals surface area contributed by atoms with E-state index in [1.54, 1.807) is 11.7 Å². The van der Waals surface area contributed by atoms with Gasteiger partial charge in [0.15, 0.2) is 5.69 Å². The first-order valence-electron chi connectivity index (χ1n) is 4.28. The van der Waals surface area contributed by atoms with Crippen molar-refractivity contribution in [3.63, 3.8) is 0 Å². The van der Waals surface area contributed by atoms with E-state index >= 15 is 0 Å². The molecule has 1 aromatic carbocycles. The third-order valence-corrected chi connectivity index (χ3v) is 2.20. The quantitative estimate of drug-likeness (QED) is 0.540. The molecule has 0 unspecified atom stereocenters. The van der Waals surface area contributed by atoms with Crippen LogP contribution in [0, 0.1) is 0 Å². The van der Waals surface area contributed by atoms with Crippen molar-refractivity contribution in [3.8, 4) is 0 Å². The molecule has 1 heterocycles. The largest absolute Gasteiger partial charge is 0.306 e. The fourth-order valence-electron chi connectivity index (χ4n) is 1.47. The normalized spacial score (nSPS) is 9.93. The van der Waals surface area contributed by atoms with Gasteiger partial charge in [0.25, 0.3) is 0 Å². The first-order valence-corrected chi connectivity index (χ1v) is 4.69. The molecule has 15 heavy (non-hydrogen) atoms. The van der Waals surface area contributed by atoms with Crippen molar-refractivity contribution >= 4 is 34.2 Å². The Bertz CT molecular complexity index is 581. The number of amides is 1. The van der Waals surface area contributed by atoms with Crippen molar-refractivity contribution in [2.45, 2.75) is 0 Å². The highest BCUT2D eigenvalue weighted by molar-refractivity contribution is 7.78. The van der Waals surface area contributed by atoms with Crippen molar-refractivity contribution < 1.29 is 4.79 Å². The molecule has 0 saturated heterocycles. The molecule has 4 nitrogen and oxygen atoms in total. The average molecular weight is 217 g/mol. The van der Waals surface area contributed by atoms with Gasteiger partial charge in [0.05, 0.1) is 10.7 Å². The molecule has 0 radical (unpaired) electrons. The molecule has 2 aromatic rings. The summed E-state index contributed by atoms with van der Waals surface area (Å²) >= 11 is 4.39. The highest BCUT2D eigenvalue weighted by atomic mass is 32.1. The van der Waals surface area contributed by atoms with Crippen LogP contribution in [0.3, 0.4) is 0 Å². The lowest BCUT2D eigenvalue weighted by atomic mass is 10.2. The van der Waals surface area contributed by atoms with E-state index < -0.39 is 5.91 Å². The topological polar surface area (TPSA) is 47.2 Å². The molecule has 74 valence electrons. The number of hydrogen-bond acceptors (Lipinski definition) is 3. The third kappa shape index (κ3) is 1.58. The van der Waals surface area contributed by atoms with Crippen LogP contribution in [0.1, 0.15) is 10.5 Å². The number of nitrogens with zero attached hydrogens (tertiary/aromatic N) is 3. The lowest BCUT2D eigenvalue weighted by Gasteiger charge is -1.90. The second kappa shape index (κ2) is 3.73. The van der Waals surface area contributed by atoms with E-state index in [0.717, 1.165) is 10.9 Å². The molecule has 0 saturated carbocycles. The van der Waals surface area contributed by atoms with Gasteiger partial charge in [-0.3, -0.25) is 9.48 Å². The second-order valence-corrected chi connectivity index (χ2v) is 3.18. The summed E-state index contributed by atoms with van der Waals surface area (Å²) in [6.45, 7) is 0. The van der Waals surface area contributed by atoms with Gasteiger partial charge in [0.2, 0.25) is 0 Å². The summed E-state index contributed by atoms with van der Waals surface area (Å²) in [5, 5.41) is 6.92. The van der Waals surface area contributed by atoms with Gasteiger partial charge in [-0.25, -0.2) is 0 Å². The third-order valence-electron chi connectivity index (χ3n) is 2.11. The number of aliphatic imine (C=N–C) groups is 1. The van der Waals surface area contributed by atoms with Crippen molar-refractivity contribution in [2.24, 2.45) is 12.0 Å². The Morgan fingerprint density at radius 3 is 3.00 bits per heavy atom. The van der Waals surface area contributed by atoms with Crippen LogP contribution < -0.4 is 0 Å². The van der Waals surface area contributed by atoms with Crippen molar-refractivity contribution in [1.29, 1.82) is 0 Å². The molecule has 1 amide bonds. The number of aromatic nitrogens is 2. The molecular formula is C10H7N3OS. The maximum absolute atomic E-state index is 11.5. The summed E-state index contributed by atoms with van der Waals surface area (Å²) in [5.74, 6) is -0.457. The number of thiocarbonyl (C=S) groups is 1. The summed E-state index contributed by atoms with van der Waals surface area (Å²) in [6.07, 6.45) is 0. The smallest absolute Gasteiger partial charge is 0.267 e. The van der Waals surface area contributed by atoms with Gasteiger partial charge < -0.3 is 0 Å². The second-order valence-electron chi connectivity index (χ2n) is 3.00. The number of hydrogen-bond donors (Lipinski definition) is 0. The molecule has 0 aliphatic carbocycles. The standard InChI is InChI=1S/C10H7N3OS/c1-13-8-5-3-2-4-7(8)9(12-13)10(14)11-6-15/h2-5H,1H3. The number of carbonyl (C=O) groups excluding carboxylic acids is 1. The zero-order valence-electron chi connectivity index (χ0n) is 7.97. The van der Waals surface area contributed by atoms with Crippen LogP contribution in [0.4, 0.5) is 0 Å². The van der Waals surface area contributed by atoms with E-state index in [1.165, 1.54) is 0 Å². The van der Waals surface area contributed by atoms with E-state index in [2.05, 4.69) is 22.3 Å². The van der Waals surface area contributed by atoms with E-state index in [4.69, 9.17) is 0 Å². The molecule has 2 rings (SSSR count). The molecule has 0 atom stereocenters. The number of aryl methyl sites for hydroxylation is 1. The Kier molecular flexibility index (Phi) is 2.41. The van der Waals surface area contributed by atoms with Gasteiger partial charge >= 0.3 is 5.91 Å². The predicted molar refractivity (Wildman–Crippen MR) is 60.1 cm³/mol. The average Bonchev–Trinajstić information content (AvgIpc) is 2.58. The highest BCUT2D eigenvalue weighted by Gasteiger charge is 2.14. The fourth-order valence-corrected chi connectivity index (χ4v) is 1.55. The SMILES string of the molecule is Cn1nc(C(=O)N=C=S)c2ccccc21. The Morgan fingerprint density at radius 1 is 1.53 bits per heavy atom. The first-order chi connectivity index (χ1) is 7.24. The van der Waals surface area contributed by atoms with Crippen LogP contribution in [0.15, 0.2) is 29.3 Å². The number of rotatable bonds is 1. The Labute approximate surface area is 91.2 Å². The fraction of sp³-hybridized carbons (Fsp3) is 0.100. The summed E-state index contributed by atoms with van der Waals surface area (Å²) in [6, 6.07) is 7.46. The Hall–Kier alpha value is -1.84. The maximum Gasteiger partial charge on any atom is 0.306 e. The van der Waals surface area contributed by atoms with E-state index in [-0.39, 0.29) is 0 Å². The summed E-state index contributed by atoms with van der Waals surface area (Å²) in [4.78, 5) is 14.9. The van der Waals surface area contributed by atoms with Crippen molar-refractivity contribution in [2.75, 3.05) is 0 Å². The van der Waals surface area contributed by atoms with Crippen LogP contribution in [0.5, 0.6) is 0 Å². The molecule has 0 aliphatic rings. The van der Waals surface area contributed by atoms with Crippen molar-refractivity contribution in [3.05, 3.63) is 30.0 Å². The van der Waals surface area contributed by atoms with Gasteiger partial charge in [-0.2, -0.15) is 10.1 Å².